The summed E-state index contributed by atoms with van der Waals surface area (Å²) in [6.45, 7) is 7.26. The van der Waals surface area contributed by atoms with Crippen LogP contribution in [0.1, 0.15) is 50.5 Å². The van der Waals surface area contributed by atoms with Gasteiger partial charge in [0.1, 0.15) is 0 Å². The molecule has 0 aliphatic carbocycles. The monoisotopic (exact) mass is 273 g/mol. The topological polar surface area (TPSA) is 51.0 Å². The highest BCUT2D eigenvalue weighted by molar-refractivity contribution is 5.24. The van der Waals surface area contributed by atoms with E-state index in [0.29, 0.717) is 11.9 Å². The van der Waals surface area contributed by atoms with E-state index in [9.17, 15) is 0 Å². The fraction of sp³-hybridized carbons (Fsp3) is 0.500. The van der Waals surface area contributed by atoms with Crippen molar-refractivity contribution in [3.05, 3.63) is 47.7 Å². The number of nitrogens with zero attached hydrogens (tertiary/aromatic N) is 2. The third-order valence-corrected chi connectivity index (χ3v) is 3.28. The fourth-order valence-electron chi connectivity index (χ4n) is 2.21. The Morgan fingerprint density at radius 2 is 1.90 bits per heavy atom. The Hall–Kier alpha value is -1.68. The number of benzene rings is 1. The highest BCUT2D eigenvalue weighted by Crippen LogP contribution is 2.26. The molecule has 1 aromatic carbocycles. The lowest BCUT2D eigenvalue weighted by Gasteiger charge is -2.10. The molecule has 0 aliphatic rings. The maximum absolute atomic E-state index is 5.81. The molecule has 1 heterocycles. The molecule has 1 atom stereocenters. The Morgan fingerprint density at radius 3 is 2.55 bits per heavy atom. The molecule has 0 bridgehead atoms. The number of hydrogen-bond donors (Lipinski definition) is 1. The van der Waals surface area contributed by atoms with E-state index in [1.54, 1.807) is 0 Å². The van der Waals surface area contributed by atoms with Gasteiger partial charge in [0.15, 0.2) is 0 Å². The van der Waals surface area contributed by atoms with Crippen molar-refractivity contribution in [2.45, 2.75) is 45.6 Å². The van der Waals surface area contributed by atoms with Crippen LogP contribution < -0.4 is 5.32 Å². The molecule has 1 aromatic heterocycles. The van der Waals surface area contributed by atoms with Gasteiger partial charge in [0.2, 0.25) is 11.8 Å². The number of aromatic nitrogens is 2. The average molecular weight is 273 g/mol. The van der Waals surface area contributed by atoms with Crippen molar-refractivity contribution in [1.82, 2.24) is 15.5 Å². The third kappa shape index (κ3) is 3.90. The zero-order valence-corrected chi connectivity index (χ0v) is 12.5. The van der Waals surface area contributed by atoms with E-state index in [2.05, 4.69) is 48.4 Å². The van der Waals surface area contributed by atoms with E-state index in [0.717, 1.165) is 25.3 Å². The maximum atomic E-state index is 5.81. The van der Waals surface area contributed by atoms with Crippen LogP contribution in [0.15, 0.2) is 34.7 Å². The molecule has 1 unspecified atom stereocenters. The molecular weight excluding hydrogens is 250 g/mol. The van der Waals surface area contributed by atoms with Crippen LogP contribution >= 0.6 is 0 Å². The molecule has 2 aromatic rings. The minimum Gasteiger partial charge on any atom is -0.425 e. The molecule has 4 heteroatoms. The third-order valence-electron chi connectivity index (χ3n) is 3.28. The molecule has 0 aliphatic heterocycles. The summed E-state index contributed by atoms with van der Waals surface area (Å²) in [5.41, 5.74) is 1.23. The summed E-state index contributed by atoms with van der Waals surface area (Å²) < 4.78 is 5.81. The molecule has 0 fully saturated rings. The Balaban J connectivity index is 2.03. The summed E-state index contributed by atoms with van der Waals surface area (Å²) in [6.07, 6.45) is 1.73. The fourth-order valence-corrected chi connectivity index (χ4v) is 2.21. The van der Waals surface area contributed by atoms with Crippen LogP contribution in [0.4, 0.5) is 0 Å². The van der Waals surface area contributed by atoms with Gasteiger partial charge < -0.3 is 9.73 Å². The first kappa shape index (κ1) is 14.7. The zero-order chi connectivity index (χ0) is 14.4. The van der Waals surface area contributed by atoms with Crippen LogP contribution in [0.5, 0.6) is 0 Å². The Labute approximate surface area is 120 Å². The second-order valence-corrected chi connectivity index (χ2v) is 5.26. The Bertz CT molecular complexity index is 507. The number of nitrogens with one attached hydrogen (secondary N) is 1. The molecule has 1 N–H and O–H groups in total. The standard InChI is InChI=1S/C16H23N3O/c1-4-14(13-8-6-5-7-9-13)16-19-18-15(20-16)10-11-17-12(2)3/h5-9,12,14,17H,4,10-11H2,1-3H3. The molecule has 0 amide bonds. The smallest absolute Gasteiger partial charge is 0.223 e. The predicted octanol–water partition coefficient (Wildman–Crippen LogP) is 3.15. The summed E-state index contributed by atoms with van der Waals surface area (Å²) in [6, 6.07) is 10.8. The summed E-state index contributed by atoms with van der Waals surface area (Å²) in [5.74, 6) is 1.62. The zero-order valence-electron chi connectivity index (χ0n) is 12.5. The van der Waals surface area contributed by atoms with Crippen molar-refractivity contribution in [2.75, 3.05) is 6.54 Å². The van der Waals surface area contributed by atoms with Gasteiger partial charge in [0.25, 0.3) is 0 Å². The highest BCUT2D eigenvalue weighted by Gasteiger charge is 2.18. The van der Waals surface area contributed by atoms with Gasteiger partial charge in [-0.05, 0) is 12.0 Å². The minimum absolute atomic E-state index is 0.190. The molecule has 2 rings (SSSR count). The van der Waals surface area contributed by atoms with Gasteiger partial charge in [0, 0.05) is 19.0 Å². The van der Waals surface area contributed by atoms with Crippen LogP contribution in [0.2, 0.25) is 0 Å². The normalized spacial score (nSPS) is 12.8. The van der Waals surface area contributed by atoms with Crippen molar-refractivity contribution >= 4 is 0 Å². The van der Waals surface area contributed by atoms with E-state index in [4.69, 9.17) is 4.42 Å². The van der Waals surface area contributed by atoms with Crippen LogP contribution in [-0.2, 0) is 6.42 Å². The first-order valence-corrected chi connectivity index (χ1v) is 7.31. The van der Waals surface area contributed by atoms with Gasteiger partial charge in [0.05, 0.1) is 5.92 Å². The van der Waals surface area contributed by atoms with Crippen molar-refractivity contribution in [3.8, 4) is 0 Å². The van der Waals surface area contributed by atoms with Crippen molar-refractivity contribution < 1.29 is 4.42 Å². The van der Waals surface area contributed by atoms with Crippen LogP contribution in [0.3, 0.4) is 0 Å². The molecular formula is C16H23N3O. The van der Waals surface area contributed by atoms with Gasteiger partial charge in [-0.25, -0.2) is 0 Å². The highest BCUT2D eigenvalue weighted by atomic mass is 16.4. The predicted molar refractivity (Wildman–Crippen MR) is 79.7 cm³/mol. The molecule has 20 heavy (non-hydrogen) atoms. The molecule has 0 spiro atoms. The summed E-state index contributed by atoms with van der Waals surface area (Å²) >= 11 is 0. The lowest BCUT2D eigenvalue weighted by molar-refractivity contribution is 0.421. The van der Waals surface area contributed by atoms with E-state index < -0.39 is 0 Å². The lowest BCUT2D eigenvalue weighted by Crippen LogP contribution is -2.25. The maximum Gasteiger partial charge on any atom is 0.223 e. The van der Waals surface area contributed by atoms with Gasteiger partial charge in [-0.1, -0.05) is 51.1 Å². The molecule has 4 nitrogen and oxygen atoms in total. The summed E-state index contributed by atoms with van der Waals surface area (Å²) in [7, 11) is 0. The summed E-state index contributed by atoms with van der Waals surface area (Å²) in [5, 5.41) is 11.7. The van der Waals surface area contributed by atoms with E-state index >= 15 is 0 Å². The second kappa shape index (κ2) is 7.20. The van der Waals surface area contributed by atoms with Crippen molar-refractivity contribution in [1.29, 1.82) is 0 Å². The van der Waals surface area contributed by atoms with Gasteiger partial charge in [-0.15, -0.1) is 10.2 Å². The van der Waals surface area contributed by atoms with E-state index in [1.165, 1.54) is 5.56 Å². The van der Waals surface area contributed by atoms with E-state index in [1.807, 2.05) is 18.2 Å². The number of rotatable bonds is 7. The first-order chi connectivity index (χ1) is 9.70. The first-order valence-electron chi connectivity index (χ1n) is 7.31. The minimum atomic E-state index is 0.190. The lowest BCUT2D eigenvalue weighted by atomic mass is 9.97. The Morgan fingerprint density at radius 1 is 1.15 bits per heavy atom. The molecule has 0 radical (unpaired) electrons. The largest absolute Gasteiger partial charge is 0.425 e. The quantitative estimate of drug-likeness (QED) is 0.842. The molecule has 0 saturated carbocycles. The second-order valence-electron chi connectivity index (χ2n) is 5.26. The van der Waals surface area contributed by atoms with Gasteiger partial charge >= 0.3 is 0 Å². The molecule has 108 valence electrons. The Kier molecular flexibility index (Phi) is 5.30. The average Bonchev–Trinajstić information content (AvgIpc) is 2.89. The summed E-state index contributed by atoms with van der Waals surface area (Å²) in [4.78, 5) is 0. The van der Waals surface area contributed by atoms with Crippen molar-refractivity contribution in [2.24, 2.45) is 0 Å². The SMILES string of the molecule is CCC(c1ccccc1)c1nnc(CCNC(C)C)o1. The van der Waals surface area contributed by atoms with Crippen molar-refractivity contribution in [3.63, 3.8) is 0 Å². The van der Waals surface area contributed by atoms with Crippen LogP contribution in [0, 0.1) is 0 Å². The number of hydrogen-bond acceptors (Lipinski definition) is 4. The van der Waals surface area contributed by atoms with Gasteiger partial charge in [-0.3, -0.25) is 0 Å². The van der Waals surface area contributed by atoms with Gasteiger partial charge in [-0.2, -0.15) is 0 Å². The van der Waals surface area contributed by atoms with E-state index in [-0.39, 0.29) is 5.92 Å². The molecule has 0 saturated heterocycles. The van der Waals surface area contributed by atoms with Crippen LogP contribution in [0.25, 0.3) is 0 Å². The van der Waals surface area contributed by atoms with Crippen LogP contribution in [-0.4, -0.2) is 22.8 Å².